The molecule has 3 heterocycles. The van der Waals surface area contributed by atoms with Gasteiger partial charge in [-0.2, -0.15) is 4.68 Å². The van der Waals surface area contributed by atoms with Crippen molar-refractivity contribution in [1.82, 2.24) is 19.7 Å². The number of ether oxygens (including phenoxy) is 1. The zero-order chi connectivity index (χ0) is 21.7. The molecule has 4 aromatic rings. The largest absolute Gasteiger partial charge is 0.497 e. The first-order valence-corrected chi connectivity index (χ1v) is 9.75. The molecule has 0 bridgehead atoms. The normalized spacial score (nSPS) is 16.5. The number of imidazole rings is 1. The van der Waals surface area contributed by atoms with Crippen molar-refractivity contribution in [3.8, 4) is 11.7 Å². The maximum atomic E-state index is 13.2. The van der Waals surface area contributed by atoms with Crippen LogP contribution in [0.5, 0.6) is 5.75 Å². The molecule has 1 aliphatic rings. The fourth-order valence-electron chi connectivity index (χ4n) is 4.04. The number of rotatable bonds is 4. The summed E-state index contributed by atoms with van der Waals surface area (Å²) in [5.41, 5.74) is 2.30. The van der Waals surface area contributed by atoms with Gasteiger partial charge in [0.25, 0.3) is 5.56 Å². The number of nitrogens with one attached hydrogen (secondary N) is 2. The zero-order valence-corrected chi connectivity index (χ0v) is 16.9. The number of methoxy groups -OCH3 is 1. The molecule has 0 aliphatic carbocycles. The fraction of sp³-hybridized carbons (Fsp3) is 0.182. The van der Waals surface area contributed by atoms with Gasteiger partial charge in [-0.3, -0.25) is 19.5 Å². The van der Waals surface area contributed by atoms with Gasteiger partial charge in [-0.1, -0.05) is 18.2 Å². The second-order valence-corrected chi connectivity index (χ2v) is 7.39. The highest BCUT2D eigenvalue weighted by Crippen LogP contribution is 2.34. The van der Waals surface area contributed by atoms with E-state index in [1.807, 2.05) is 24.3 Å². The van der Waals surface area contributed by atoms with Gasteiger partial charge in [0.05, 0.1) is 35.3 Å². The van der Waals surface area contributed by atoms with E-state index >= 15 is 0 Å². The van der Waals surface area contributed by atoms with Crippen LogP contribution >= 0.6 is 0 Å². The minimum atomic E-state index is -0.868. The number of H-pyrrole nitrogens is 2. The van der Waals surface area contributed by atoms with Gasteiger partial charge in [0, 0.05) is 18.2 Å². The fourth-order valence-corrected chi connectivity index (χ4v) is 4.04. The zero-order valence-electron chi connectivity index (χ0n) is 16.9. The van der Waals surface area contributed by atoms with E-state index in [1.54, 1.807) is 31.2 Å². The van der Waals surface area contributed by atoms with Crippen LogP contribution in [0.1, 0.15) is 23.6 Å². The molecule has 1 aliphatic heterocycles. The lowest BCUT2D eigenvalue weighted by Gasteiger charge is -2.15. The van der Waals surface area contributed by atoms with Crippen LogP contribution in [-0.4, -0.2) is 38.7 Å². The Kier molecular flexibility index (Phi) is 4.25. The number of para-hydroxylation sites is 2. The quantitative estimate of drug-likeness (QED) is 0.495. The van der Waals surface area contributed by atoms with E-state index < -0.39 is 17.4 Å². The molecule has 2 aromatic carbocycles. The van der Waals surface area contributed by atoms with Crippen LogP contribution in [0.4, 0.5) is 5.69 Å². The van der Waals surface area contributed by atoms with Crippen molar-refractivity contribution in [2.24, 2.45) is 0 Å². The Hall–Kier alpha value is -4.14. The summed E-state index contributed by atoms with van der Waals surface area (Å²) in [5, 5.41) is 2.98. The van der Waals surface area contributed by atoms with Crippen molar-refractivity contribution in [2.45, 2.75) is 19.3 Å². The maximum Gasteiger partial charge on any atom is 0.278 e. The van der Waals surface area contributed by atoms with Gasteiger partial charge in [-0.15, -0.1) is 0 Å². The Morgan fingerprint density at radius 3 is 2.68 bits per heavy atom. The lowest BCUT2D eigenvalue weighted by Crippen LogP contribution is -2.31. The summed E-state index contributed by atoms with van der Waals surface area (Å²) in [6.45, 7) is 1.71. The molecule has 0 unspecified atom stereocenters. The third kappa shape index (κ3) is 2.93. The Morgan fingerprint density at radius 1 is 1.10 bits per heavy atom. The number of benzene rings is 2. The summed E-state index contributed by atoms with van der Waals surface area (Å²) >= 11 is 0. The molecular formula is C22H19N5O4. The number of carbonyl (C=O) groups excluding carboxylic acids is 2. The predicted molar refractivity (Wildman–Crippen MR) is 114 cm³/mol. The van der Waals surface area contributed by atoms with Crippen LogP contribution in [0.25, 0.3) is 17.0 Å². The van der Waals surface area contributed by atoms with Gasteiger partial charge in [0.2, 0.25) is 17.8 Å². The molecule has 2 aromatic heterocycles. The van der Waals surface area contributed by atoms with E-state index in [2.05, 4.69) is 15.1 Å². The van der Waals surface area contributed by atoms with Gasteiger partial charge >= 0.3 is 0 Å². The van der Waals surface area contributed by atoms with Crippen LogP contribution in [0.15, 0.2) is 53.3 Å². The third-order valence-electron chi connectivity index (χ3n) is 5.51. The number of imide groups is 1. The molecule has 1 saturated heterocycles. The number of anilines is 1. The molecule has 1 fully saturated rings. The molecule has 0 radical (unpaired) electrons. The van der Waals surface area contributed by atoms with Crippen LogP contribution in [-0.2, 0) is 9.59 Å². The molecule has 156 valence electrons. The smallest absolute Gasteiger partial charge is 0.278 e. The molecule has 31 heavy (non-hydrogen) atoms. The second kappa shape index (κ2) is 6.98. The monoisotopic (exact) mass is 417 g/mol. The van der Waals surface area contributed by atoms with Crippen molar-refractivity contribution < 1.29 is 14.3 Å². The highest BCUT2D eigenvalue weighted by molar-refractivity contribution is 6.22. The number of hydrogen-bond donors (Lipinski definition) is 2. The molecule has 9 heteroatoms. The van der Waals surface area contributed by atoms with E-state index in [9.17, 15) is 14.4 Å². The molecule has 2 N–H and O–H groups in total. The Morgan fingerprint density at radius 2 is 1.90 bits per heavy atom. The number of nitrogens with zero attached hydrogens (tertiary/aromatic N) is 3. The molecule has 9 nitrogen and oxygen atoms in total. The highest BCUT2D eigenvalue weighted by atomic mass is 16.5. The van der Waals surface area contributed by atoms with E-state index in [0.29, 0.717) is 23.1 Å². The highest BCUT2D eigenvalue weighted by Gasteiger charge is 2.43. The number of fused-ring (bicyclic) bond motifs is 1. The lowest BCUT2D eigenvalue weighted by molar-refractivity contribution is -0.121. The summed E-state index contributed by atoms with van der Waals surface area (Å²) in [6, 6.07) is 14.1. The van der Waals surface area contributed by atoms with Gasteiger partial charge < -0.3 is 9.72 Å². The maximum absolute atomic E-state index is 13.2. The molecule has 0 spiro atoms. The van der Waals surface area contributed by atoms with E-state index in [0.717, 1.165) is 15.9 Å². The van der Waals surface area contributed by atoms with E-state index in [4.69, 9.17) is 4.74 Å². The van der Waals surface area contributed by atoms with Crippen LogP contribution in [0, 0.1) is 6.92 Å². The first-order valence-electron chi connectivity index (χ1n) is 9.75. The average Bonchev–Trinajstić information content (AvgIpc) is 3.41. The van der Waals surface area contributed by atoms with Crippen molar-refractivity contribution in [2.75, 3.05) is 12.0 Å². The Bertz CT molecular complexity index is 1360. The number of amides is 2. The topological polar surface area (TPSA) is 113 Å². The van der Waals surface area contributed by atoms with Crippen LogP contribution in [0.3, 0.4) is 0 Å². The van der Waals surface area contributed by atoms with E-state index in [1.165, 1.54) is 11.8 Å². The standard InChI is InChI=1S/C22H19N5O4/c1-12-19(21(30)27(25-12)22-23-16-8-3-4-9-17(16)24-22)15-11-18(28)26(20(15)29)13-6-5-7-14(10-13)31-2/h3-10,15,25H,11H2,1-2H3,(H,23,24)/t15-/m1/s1. The summed E-state index contributed by atoms with van der Waals surface area (Å²) in [5.74, 6) is -0.811. The van der Waals surface area contributed by atoms with Crippen LogP contribution < -0.4 is 15.2 Å². The average molecular weight is 417 g/mol. The Labute approximate surface area is 176 Å². The van der Waals surface area contributed by atoms with Crippen molar-refractivity contribution in [1.29, 1.82) is 0 Å². The first-order chi connectivity index (χ1) is 15.0. The van der Waals surface area contributed by atoms with Gasteiger partial charge in [-0.05, 0) is 31.2 Å². The first kappa shape index (κ1) is 18.9. The number of carbonyl (C=O) groups is 2. The number of hydrogen-bond acceptors (Lipinski definition) is 5. The third-order valence-corrected chi connectivity index (χ3v) is 5.51. The van der Waals surface area contributed by atoms with Gasteiger partial charge in [-0.25, -0.2) is 9.88 Å². The van der Waals surface area contributed by atoms with E-state index in [-0.39, 0.29) is 17.9 Å². The molecule has 2 amide bonds. The minimum Gasteiger partial charge on any atom is -0.497 e. The Balaban J connectivity index is 1.54. The molecular weight excluding hydrogens is 398 g/mol. The van der Waals surface area contributed by atoms with Gasteiger partial charge in [0.1, 0.15) is 5.75 Å². The van der Waals surface area contributed by atoms with Gasteiger partial charge in [0.15, 0.2) is 0 Å². The summed E-state index contributed by atoms with van der Waals surface area (Å²) < 4.78 is 6.47. The summed E-state index contributed by atoms with van der Waals surface area (Å²) in [7, 11) is 1.51. The van der Waals surface area contributed by atoms with Crippen LogP contribution in [0.2, 0.25) is 0 Å². The second-order valence-electron chi connectivity index (χ2n) is 7.39. The molecule has 5 rings (SSSR count). The van der Waals surface area contributed by atoms with Crippen molar-refractivity contribution in [3.05, 3.63) is 70.1 Å². The van der Waals surface area contributed by atoms with Crippen molar-refractivity contribution in [3.63, 3.8) is 0 Å². The molecule has 1 atom stereocenters. The predicted octanol–water partition coefficient (Wildman–Crippen LogP) is 2.41. The van der Waals surface area contributed by atoms with Crippen molar-refractivity contribution >= 4 is 28.5 Å². The SMILES string of the molecule is COc1cccc(N2C(=O)C[C@H](c3c(C)[nH]n(-c4nc5ccccc5[nH]4)c3=O)C2=O)c1. The number of aromatic amines is 2. The minimum absolute atomic E-state index is 0.0793. The molecule has 0 saturated carbocycles. The summed E-state index contributed by atoms with van der Waals surface area (Å²) in [4.78, 5) is 47.8. The summed E-state index contributed by atoms with van der Waals surface area (Å²) in [6.07, 6.45) is -0.0793. The lowest BCUT2D eigenvalue weighted by atomic mass is 9.98. The number of aromatic nitrogens is 4. The number of aryl methyl sites for hydroxylation is 1.